The van der Waals surface area contributed by atoms with Gasteiger partial charge in [0.15, 0.2) is 6.73 Å². The molecule has 0 atom stereocenters. The molecule has 0 aromatic heterocycles. The summed E-state index contributed by atoms with van der Waals surface area (Å²) < 4.78 is 7.28. The molecule has 1 aliphatic rings. The van der Waals surface area contributed by atoms with Gasteiger partial charge in [0.05, 0.1) is 26.7 Å². The van der Waals surface area contributed by atoms with Crippen LogP contribution in [0.4, 0.5) is 0 Å². The van der Waals surface area contributed by atoms with Crippen molar-refractivity contribution in [3.63, 3.8) is 0 Å². The Labute approximate surface area is 146 Å². The molecule has 0 spiro atoms. The molecule has 0 amide bonds. The fourth-order valence-corrected chi connectivity index (χ4v) is 3.28. The molecule has 0 unspecified atom stereocenters. The summed E-state index contributed by atoms with van der Waals surface area (Å²) in [7, 11) is 4.66. The van der Waals surface area contributed by atoms with E-state index in [9.17, 15) is 0 Å². The van der Waals surface area contributed by atoms with Gasteiger partial charge in [-0.15, -0.1) is 0 Å². The summed E-state index contributed by atoms with van der Waals surface area (Å²) in [5, 5.41) is 0. The fourth-order valence-electron chi connectivity index (χ4n) is 3.28. The normalized spacial score (nSPS) is 17.6. The number of nitrogens with zero attached hydrogens (tertiary/aromatic N) is 1. The van der Waals surface area contributed by atoms with Gasteiger partial charge in [-0.3, -0.25) is 0 Å². The molecule has 0 radical (unpaired) electrons. The number of quaternary nitrogens is 1. The molecule has 1 aliphatic carbocycles. The molecule has 0 aromatic rings. The summed E-state index contributed by atoms with van der Waals surface area (Å²) in [6.45, 7) is 4.45. The van der Waals surface area contributed by atoms with E-state index in [-0.39, 0.29) is 12.4 Å². The smallest absolute Gasteiger partial charge is 0.183 e. The standard InChI is InChI=1S/C19H40NO.ClH/c1-4-5-6-7-11-14-17-20(2,3)18-21-19-15-12-9-8-10-13-16-19;/h19H,4-18H2,1-3H3;1H/q+1;/p-1. The first-order valence-corrected chi connectivity index (χ1v) is 9.57. The minimum atomic E-state index is 0. The first-order valence-electron chi connectivity index (χ1n) is 9.57. The van der Waals surface area contributed by atoms with E-state index in [1.807, 2.05) is 0 Å². The lowest BCUT2D eigenvalue weighted by Crippen LogP contribution is -3.00. The second kappa shape index (κ2) is 13.6. The number of ether oxygens (including phenoxy) is 1. The summed E-state index contributed by atoms with van der Waals surface area (Å²) in [6, 6.07) is 0. The van der Waals surface area contributed by atoms with Crippen LogP contribution < -0.4 is 12.4 Å². The Bertz CT molecular complexity index is 238. The zero-order chi connectivity index (χ0) is 15.4. The van der Waals surface area contributed by atoms with E-state index in [1.54, 1.807) is 0 Å². The summed E-state index contributed by atoms with van der Waals surface area (Å²) in [5.74, 6) is 0. The summed E-state index contributed by atoms with van der Waals surface area (Å²) in [5.41, 5.74) is 0. The predicted molar refractivity (Wildman–Crippen MR) is 92.4 cm³/mol. The van der Waals surface area contributed by atoms with Crippen LogP contribution in [-0.4, -0.2) is 38.0 Å². The van der Waals surface area contributed by atoms with Crippen LogP contribution in [0.2, 0.25) is 0 Å². The second-order valence-electron chi connectivity index (χ2n) is 7.69. The van der Waals surface area contributed by atoms with E-state index < -0.39 is 0 Å². The lowest BCUT2D eigenvalue weighted by molar-refractivity contribution is -0.910. The largest absolute Gasteiger partial charge is 1.00 e. The molecule has 134 valence electrons. The van der Waals surface area contributed by atoms with Gasteiger partial charge >= 0.3 is 0 Å². The molecule has 1 rings (SSSR count). The highest BCUT2D eigenvalue weighted by Gasteiger charge is 2.19. The highest BCUT2D eigenvalue weighted by atomic mass is 35.5. The van der Waals surface area contributed by atoms with Crippen molar-refractivity contribution >= 4 is 0 Å². The van der Waals surface area contributed by atoms with Crippen molar-refractivity contribution in [2.24, 2.45) is 0 Å². The molecule has 0 bridgehead atoms. The van der Waals surface area contributed by atoms with Gasteiger partial charge in [-0.1, -0.05) is 64.7 Å². The maximum absolute atomic E-state index is 6.25. The number of hydrogen-bond acceptors (Lipinski definition) is 1. The van der Waals surface area contributed by atoms with Crippen LogP contribution in [0.15, 0.2) is 0 Å². The van der Waals surface area contributed by atoms with Crippen molar-refractivity contribution in [1.82, 2.24) is 0 Å². The SMILES string of the molecule is CCCCCCCC[N+](C)(C)COC1CCCCCCC1.[Cl-]. The van der Waals surface area contributed by atoms with Crippen molar-refractivity contribution in [3.8, 4) is 0 Å². The molecule has 0 aromatic carbocycles. The summed E-state index contributed by atoms with van der Waals surface area (Å²) in [6.07, 6.45) is 18.4. The van der Waals surface area contributed by atoms with E-state index in [1.165, 1.54) is 90.0 Å². The fraction of sp³-hybridized carbons (Fsp3) is 1.00. The molecule has 0 heterocycles. The van der Waals surface area contributed by atoms with Gasteiger partial charge in [-0.25, -0.2) is 0 Å². The Morgan fingerprint density at radius 3 is 2.00 bits per heavy atom. The van der Waals surface area contributed by atoms with Gasteiger partial charge in [0.1, 0.15) is 0 Å². The zero-order valence-electron chi connectivity index (χ0n) is 15.4. The first kappa shape index (κ1) is 22.2. The van der Waals surface area contributed by atoms with Crippen LogP contribution in [0, 0.1) is 0 Å². The van der Waals surface area contributed by atoms with Crippen LogP contribution in [0.5, 0.6) is 0 Å². The molecular formula is C19H40ClNO. The van der Waals surface area contributed by atoms with E-state index >= 15 is 0 Å². The molecule has 3 heteroatoms. The van der Waals surface area contributed by atoms with E-state index in [0.29, 0.717) is 6.10 Å². The van der Waals surface area contributed by atoms with Gasteiger partial charge in [0.2, 0.25) is 0 Å². The van der Waals surface area contributed by atoms with Crippen molar-refractivity contribution in [2.45, 2.75) is 96.5 Å². The van der Waals surface area contributed by atoms with Crippen LogP contribution in [-0.2, 0) is 4.74 Å². The van der Waals surface area contributed by atoms with E-state index in [0.717, 1.165) is 11.2 Å². The third-order valence-corrected chi connectivity index (χ3v) is 4.83. The Morgan fingerprint density at radius 2 is 1.36 bits per heavy atom. The van der Waals surface area contributed by atoms with E-state index in [4.69, 9.17) is 4.74 Å². The number of unbranched alkanes of at least 4 members (excludes halogenated alkanes) is 5. The van der Waals surface area contributed by atoms with Crippen LogP contribution in [0.1, 0.15) is 90.4 Å². The van der Waals surface area contributed by atoms with Crippen molar-refractivity contribution in [3.05, 3.63) is 0 Å². The highest BCUT2D eigenvalue weighted by Crippen LogP contribution is 2.20. The molecule has 2 nitrogen and oxygen atoms in total. The molecule has 22 heavy (non-hydrogen) atoms. The Hall–Kier alpha value is 0.210. The van der Waals surface area contributed by atoms with Crippen LogP contribution in [0.3, 0.4) is 0 Å². The van der Waals surface area contributed by atoms with Crippen LogP contribution in [0.25, 0.3) is 0 Å². The monoisotopic (exact) mass is 333 g/mol. The molecular weight excluding hydrogens is 294 g/mol. The average molecular weight is 334 g/mol. The van der Waals surface area contributed by atoms with Crippen LogP contribution >= 0.6 is 0 Å². The number of halogens is 1. The van der Waals surface area contributed by atoms with E-state index in [2.05, 4.69) is 21.0 Å². The third kappa shape index (κ3) is 11.7. The lowest BCUT2D eigenvalue weighted by Gasteiger charge is -2.32. The molecule has 1 saturated carbocycles. The zero-order valence-corrected chi connectivity index (χ0v) is 16.2. The van der Waals surface area contributed by atoms with Gasteiger partial charge < -0.3 is 21.6 Å². The minimum absolute atomic E-state index is 0. The lowest BCUT2D eigenvalue weighted by atomic mass is 9.99. The molecule has 0 N–H and O–H groups in total. The van der Waals surface area contributed by atoms with Crippen molar-refractivity contribution < 1.29 is 21.6 Å². The molecule has 0 saturated heterocycles. The predicted octanol–water partition coefficient (Wildman–Crippen LogP) is 2.51. The van der Waals surface area contributed by atoms with Gasteiger partial charge in [0, 0.05) is 0 Å². The topological polar surface area (TPSA) is 9.23 Å². The summed E-state index contributed by atoms with van der Waals surface area (Å²) >= 11 is 0. The third-order valence-electron chi connectivity index (χ3n) is 4.83. The Kier molecular flexibility index (Phi) is 13.8. The Morgan fingerprint density at radius 1 is 0.818 bits per heavy atom. The average Bonchev–Trinajstić information content (AvgIpc) is 2.41. The minimum Gasteiger partial charge on any atom is -1.00 e. The second-order valence-corrected chi connectivity index (χ2v) is 7.69. The van der Waals surface area contributed by atoms with Gasteiger partial charge in [-0.05, 0) is 25.7 Å². The van der Waals surface area contributed by atoms with Crippen molar-refractivity contribution in [1.29, 1.82) is 0 Å². The maximum atomic E-state index is 6.25. The van der Waals surface area contributed by atoms with Gasteiger partial charge in [-0.2, -0.15) is 0 Å². The number of rotatable bonds is 10. The van der Waals surface area contributed by atoms with Crippen molar-refractivity contribution in [2.75, 3.05) is 27.4 Å². The molecule has 1 fully saturated rings. The highest BCUT2D eigenvalue weighted by molar-refractivity contribution is 4.62. The number of hydrogen-bond donors (Lipinski definition) is 0. The maximum Gasteiger partial charge on any atom is 0.183 e. The summed E-state index contributed by atoms with van der Waals surface area (Å²) in [4.78, 5) is 0. The first-order chi connectivity index (χ1) is 10.1. The van der Waals surface area contributed by atoms with Gasteiger partial charge in [0.25, 0.3) is 0 Å². The Balaban J connectivity index is 0.00000441. The molecule has 0 aliphatic heterocycles. The quantitative estimate of drug-likeness (QED) is 0.339.